The van der Waals surface area contributed by atoms with E-state index in [1.807, 2.05) is 12.1 Å². The molecule has 3 N–H and O–H groups in total. The van der Waals surface area contributed by atoms with Gasteiger partial charge in [0.1, 0.15) is 0 Å². The van der Waals surface area contributed by atoms with Crippen LogP contribution in [0.2, 0.25) is 4.34 Å². The van der Waals surface area contributed by atoms with E-state index >= 15 is 0 Å². The summed E-state index contributed by atoms with van der Waals surface area (Å²) in [4.78, 5) is 1.14. The van der Waals surface area contributed by atoms with Crippen LogP contribution in [0.4, 0.5) is 0 Å². The van der Waals surface area contributed by atoms with E-state index in [9.17, 15) is 0 Å². The van der Waals surface area contributed by atoms with E-state index in [0.29, 0.717) is 0 Å². The smallest absolute Gasteiger partial charge is 0.0931 e. The van der Waals surface area contributed by atoms with Gasteiger partial charge in [0.2, 0.25) is 0 Å². The van der Waals surface area contributed by atoms with Crippen LogP contribution in [0.1, 0.15) is 47.2 Å². The Morgan fingerprint density at radius 3 is 2.37 bits per heavy atom. The Bertz CT molecular complexity index is 546. The summed E-state index contributed by atoms with van der Waals surface area (Å²) in [7, 11) is 0. The first-order valence-electron chi connectivity index (χ1n) is 6.59. The Morgan fingerprint density at radius 2 is 1.89 bits per heavy atom. The van der Waals surface area contributed by atoms with Gasteiger partial charge in [-0.1, -0.05) is 42.3 Å². The van der Waals surface area contributed by atoms with Gasteiger partial charge in [0.05, 0.1) is 10.4 Å². The molecule has 0 spiro atoms. The Hall–Kier alpha value is -0.870. The van der Waals surface area contributed by atoms with Crippen molar-refractivity contribution in [2.75, 3.05) is 0 Å². The van der Waals surface area contributed by atoms with Gasteiger partial charge in [0.15, 0.2) is 0 Å². The lowest BCUT2D eigenvalue weighted by atomic mass is 9.80. The summed E-state index contributed by atoms with van der Waals surface area (Å²) in [6, 6.07) is 12.8. The van der Waals surface area contributed by atoms with Crippen molar-refractivity contribution in [2.24, 2.45) is 5.84 Å². The van der Waals surface area contributed by atoms with Crippen molar-refractivity contribution in [2.45, 2.75) is 31.2 Å². The first kappa shape index (κ1) is 13.1. The predicted octanol–water partition coefficient (Wildman–Crippen LogP) is 4.22. The van der Waals surface area contributed by atoms with E-state index in [1.54, 1.807) is 11.3 Å². The second-order valence-electron chi connectivity index (χ2n) is 5.04. The molecule has 2 aromatic rings. The van der Waals surface area contributed by atoms with E-state index in [2.05, 4.69) is 29.7 Å². The molecule has 1 heterocycles. The third-order valence-corrected chi connectivity index (χ3v) is 5.19. The number of nitrogens with one attached hydrogen (secondary N) is 1. The van der Waals surface area contributed by atoms with Crippen LogP contribution in [-0.2, 0) is 0 Å². The zero-order valence-corrected chi connectivity index (χ0v) is 12.2. The number of nitrogens with two attached hydrogens (primary N) is 1. The lowest BCUT2D eigenvalue weighted by Crippen LogP contribution is -2.28. The van der Waals surface area contributed by atoms with Crippen molar-refractivity contribution in [1.29, 1.82) is 0 Å². The van der Waals surface area contributed by atoms with Crippen molar-refractivity contribution in [1.82, 2.24) is 5.43 Å². The number of halogens is 1. The molecule has 19 heavy (non-hydrogen) atoms. The average Bonchev–Trinajstić information content (AvgIpc) is 2.77. The zero-order chi connectivity index (χ0) is 13.2. The van der Waals surface area contributed by atoms with Crippen molar-refractivity contribution in [3.63, 3.8) is 0 Å². The van der Waals surface area contributed by atoms with Crippen LogP contribution in [0, 0.1) is 0 Å². The third kappa shape index (κ3) is 2.70. The summed E-state index contributed by atoms with van der Waals surface area (Å²) >= 11 is 7.56. The fraction of sp³-hybridized carbons (Fsp3) is 0.333. The maximum absolute atomic E-state index is 5.99. The molecule has 1 unspecified atom stereocenters. The monoisotopic (exact) mass is 292 g/mol. The Labute approximate surface area is 122 Å². The minimum absolute atomic E-state index is 0.0212. The zero-order valence-electron chi connectivity index (χ0n) is 10.6. The number of thiophene rings is 1. The van der Waals surface area contributed by atoms with E-state index in [-0.39, 0.29) is 6.04 Å². The van der Waals surface area contributed by atoms with Crippen LogP contribution in [0.25, 0.3) is 0 Å². The molecule has 3 rings (SSSR count). The van der Waals surface area contributed by atoms with Gasteiger partial charge >= 0.3 is 0 Å². The molecule has 0 radical (unpaired) electrons. The van der Waals surface area contributed by atoms with Gasteiger partial charge in [-0.05, 0) is 42.0 Å². The summed E-state index contributed by atoms with van der Waals surface area (Å²) < 4.78 is 0.793. The van der Waals surface area contributed by atoms with Crippen LogP contribution < -0.4 is 11.3 Å². The van der Waals surface area contributed by atoms with Gasteiger partial charge in [0, 0.05) is 4.88 Å². The Balaban J connectivity index is 1.83. The van der Waals surface area contributed by atoms with Crippen molar-refractivity contribution in [3.05, 3.63) is 56.7 Å². The van der Waals surface area contributed by atoms with Crippen molar-refractivity contribution >= 4 is 22.9 Å². The van der Waals surface area contributed by atoms with Gasteiger partial charge in [-0.2, -0.15) is 0 Å². The van der Waals surface area contributed by atoms with Crippen molar-refractivity contribution < 1.29 is 0 Å². The molecule has 1 saturated carbocycles. The highest BCUT2D eigenvalue weighted by Gasteiger charge is 2.20. The molecule has 2 nitrogen and oxygen atoms in total. The van der Waals surface area contributed by atoms with Gasteiger partial charge in [-0.15, -0.1) is 11.3 Å². The maximum Gasteiger partial charge on any atom is 0.0931 e. The Morgan fingerprint density at radius 1 is 1.16 bits per heavy atom. The highest BCUT2D eigenvalue weighted by atomic mass is 35.5. The second-order valence-corrected chi connectivity index (χ2v) is 6.78. The SMILES string of the molecule is NNC(c1ccc(C2CCC2)cc1)c1ccc(Cl)s1. The maximum atomic E-state index is 5.99. The summed E-state index contributed by atoms with van der Waals surface area (Å²) in [5.41, 5.74) is 5.51. The van der Waals surface area contributed by atoms with Crippen LogP contribution in [0.15, 0.2) is 36.4 Å². The molecule has 1 aliphatic carbocycles. The lowest BCUT2D eigenvalue weighted by Gasteiger charge is -2.26. The summed E-state index contributed by atoms with van der Waals surface area (Å²) in [6.45, 7) is 0. The molecule has 1 atom stereocenters. The molecule has 0 bridgehead atoms. The minimum atomic E-state index is 0.0212. The molecule has 0 saturated heterocycles. The molecular weight excluding hydrogens is 276 g/mol. The Kier molecular flexibility index (Phi) is 3.89. The van der Waals surface area contributed by atoms with Gasteiger partial charge in [0.25, 0.3) is 0 Å². The molecule has 0 amide bonds. The van der Waals surface area contributed by atoms with Crippen molar-refractivity contribution in [3.8, 4) is 0 Å². The quantitative estimate of drug-likeness (QED) is 0.654. The van der Waals surface area contributed by atoms with E-state index in [0.717, 1.165) is 15.1 Å². The molecule has 0 aliphatic heterocycles. The lowest BCUT2D eigenvalue weighted by molar-refractivity contribution is 0.419. The first-order chi connectivity index (χ1) is 9.28. The predicted molar refractivity (Wildman–Crippen MR) is 81.5 cm³/mol. The van der Waals surface area contributed by atoms with Crippen LogP contribution in [0.5, 0.6) is 0 Å². The van der Waals surface area contributed by atoms with Crippen LogP contribution >= 0.6 is 22.9 Å². The van der Waals surface area contributed by atoms with Gasteiger partial charge in [-0.3, -0.25) is 5.84 Å². The molecule has 4 heteroatoms. The van der Waals surface area contributed by atoms with E-state index in [4.69, 9.17) is 17.4 Å². The fourth-order valence-electron chi connectivity index (χ4n) is 2.53. The number of hydrazine groups is 1. The number of benzene rings is 1. The largest absolute Gasteiger partial charge is 0.271 e. The molecule has 1 aromatic heterocycles. The number of hydrogen-bond donors (Lipinski definition) is 2. The topological polar surface area (TPSA) is 38.0 Å². The average molecular weight is 293 g/mol. The normalized spacial score (nSPS) is 17.2. The molecule has 1 aromatic carbocycles. The van der Waals surface area contributed by atoms with Gasteiger partial charge < -0.3 is 0 Å². The highest BCUT2D eigenvalue weighted by Crippen LogP contribution is 2.37. The van der Waals surface area contributed by atoms with Gasteiger partial charge in [-0.25, -0.2) is 5.43 Å². The van der Waals surface area contributed by atoms with E-state index in [1.165, 1.54) is 30.4 Å². The minimum Gasteiger partial charge on any atom is -0.271 e. The number of hydrogen-bond acceptors (Lipinski definition) is 3. The number of rotatable bonds is 4. The van der Waals surface area contributed by atoms with Crippen LogP contribution in [0.3, 0.4) is 0 Å². The molecule has 1 fully saturated rings. The molecular formula is C15H17ClN2S. The molecule has 100 valence electrons. The summed E-state index contributed by atoms with van der Waals surface area (Å²) in [5, 5.41) is 0. The van der Waals surface area contributed by atoms with Crippen LogP contribution in [-0.4, -0.2) is 0 Å². The summed E-state index contributed by atoms with van der Waals surface area (Å²) in [6.07, 6.45) is 4.03. The molecule has 1 aliphatic rings. The standard InChI is InChI=1S/C15H17ClN2S/c16-14-9-8-13(19-14)15(18-17)12-6-4-11(5-7-12)10-2-1-3-10/h4-10,15,18H,1-3,17H2. The van der Waals surface area contributed by atoms with E-state index < -0.39 is 0 Å². The fourth-order valence-corrected chi connectivity index (χ4v) is 3.68. The third-order valence-electron chi connectivity index (χ3n) is 3.89. The summed E-state index contributed by atoms with van der Waals surface area (Å²) in [5.74, 6) is 6.47. The highest BCUT2D eigenvalue weighted by molar-refractivity contribution is 7.16. The second kappa shape index (κ2) is 5.63. The first-order valence-corrected chi connectivity index (χ1v) is 7.78.